The SMILES string of the molecule is N#Cc1cc(C2=NOC(c3cc(Br)cc(Br)c3)(C(F)(F)F)C2)ccc1-n1cncn1. The van der Waals surface area contributed by atoms with E-state index in [-0.39, 0.29) is 16.8 Å². The van der Waals surface area contributed by atoms with Crippen LogP contribution in [0.15, 0.2) is 63.2 Å². The van der Waals surface area contributed by atoms with E-state index in [2.05, 4.69) is 47.1 Å². The number of hydrogen-bond donors (Lipinski definition) is 0. The summed E-state index contributed by atoms with van der Waals surface area (Å²) >= 11 is 6.43. The highest BCUT2D eigenvalue weighted by Crippen LogP contribution is 2.49. The average molecular weight is 541 g/mol. The molecule has 4 rings (SSSR count). The van der Waals surface area contributed by atoms with Crippen molar-refractivity contribution in [2.24, 2.45) is 5.16 Å². The van der Waals surface area contributed by atoms with E-state index in [4.69, 9.17) is 4.84 Å². The molecule has 1 aromatic heterocycles. The molecule has 1 aliphatic heterocycles. The van der Waals surface area contributed by atoms with Gasteiger partial charge in [-0.3, -0.25) is 0 Å². The molecule has 0 spiro atoms. The molecule has 30 heavy (non-hydrogen) atoms. The highest BCUT2D eigenvalue weighted by atomic mass is 79.9. The van der Waals surface area contributed by atoms with Crippen LogP contribution in [0.25, 0.3) is 5.69 Å². The minimum Gasteiger partial charge on any atom is -0.374 e. The molecular weight excluding hydrogens is 531 g/mol. The molecule has 0 saturated heterocycles. The first kappa shape index (κ1) is 20.6. The van der Waals surface area contributed by atoms with E-state index in [1.54, 1.807) is 18.2 Å². The molecule has 0 radical (unpaired) electrons. The second-order valence-electron chi connectivity index (χ2n) is 6.47. The van der Waals surface area contributed by atoms with Crippen LogP contribution in [-0.2, 0) is 10.4 Å². The molecule has 1 aliphatic rings. The standard InChI is InChI=1S/C19H10Br2F3N5O/c20-14-4-13(5-15(21)6-14)18(19(22,23)24)7-16(28-30-18)11-1-2-17(12(3-11)8-25)29-10-26-9-27-29/h1-6,9-10H,7H2. The van der Waals surface area contributed by atoms with Gasteiger partial charge in [-0.2, -0.15) is 23.5 Å². The van der Waals surface area contributed by atoms with Crippen molar-refractivity contribution in [3.8, 4) is 11.8 Å². The summed E-state index contributed by atoms with van der Waals surface area (Å²) in [6.45, 7) is 0. The van der Waals surface area contributed by atoms with E-state index >= 15 is 0 Å². The van der Waals surface area contributed by atoms with Gasteiger partial charge in [0.25, 0.3) is 5.60 Å². The Balaban J connectivity index is 1.74. The first-order chi connectivity index (χ1) is 14.2. The number of oxime groups is 1. The van der Waals surface area contributed by atoms with Gasteiger partial charge in [0.05, 0.1) is 17.0 Å². The van der Waals surface area contributed by atoms with Gasteiger partial charge in [0.15, 0.2) is 0 Å². The van der Waals surface area contributed by atoms with Gasteiger partial charge in [0.2, 0.25) is 0 Å². The molecule has 0 amide bonds. The van der Waals surface area contributed by atoms with Crippen LogP contribution in [0.3, 0.4) is 0 Å². The number of benzene rings is 2. The van der Waals surface area contributed by atoms with Crippen LogP contribution < -0.4 is 0 Å². The zero-order valence-electron chi connectivity index (χ0n) is 14.9. The summed E-state index contributed by atoms with van der Waals surface area (Å²) in [6, 6.07) is 11.0. The summed E-state index contributed by atoms with van der Waals surface area (Å²) in [7, 11) is 0. The summed E-state index contributed by atoms with van der Waals surface area (Å²) in [6.07, 6.45) is -2.52. The quantitative estimate of drug-likeness (QED) is 0.455. The second-order valence-corrected chi connectivity index (χ2v) is 8.30. The van der Waals surface area contributed by atoms with E-state index in [9.17, 15) is 18.4 Å². The van der Waals surface area contributed by atoms with Crippen molar-refractivity contribution in [1.82, 2.24) is 14.8 Å². The molecule has 0 bridgehead atoms. The van der Waals surface area contributed by atoms with Gasteiger partial charge in [0.1, 0.15) is 18.7 Å². The van der Waals surface area contributed by atoms with Crippen LogP contribution in [0.4, 0.5) is 13.2 Å². The number of aromatic nitrogens is 3. The monoisotopic (exact) mass is 539 g/mol. The van der Waals surface area contributed by atoms with Crippen LogP contribution >= 0.6 is 31.9 Å². The fraction of sp³-hybridized carbons (Fsp3) is 0.158. The molecule has 0 fully saturated rings. The van der Waals surface area contributed by atoms with Gasteiger partial charge in [-0.15, -0.1) is 0 Å². The lowest BCUT2D eigenvalue weighted by Gasteiger charge is -2.29. The molecule has 0 saturated carbocycles. The Bertz CT molecular complexity index is 1170. The number of hydrogen-bond acceptors (Lipinski definition) is 5. The largest absolute Gasteiger partial charge is 0.435 e. The van der Waals surface area contributed by atoms with Crippen molar-refractivity contribution >= 4 is 37.6 Å². The van der Waals surface area contributed by atoms with Crippen molar-refractivity contribution in [3.05, 3.63) is 74.7 Å². The maximum Gasteiger partial charge on any atom is 0.435 e. The number of nitriles is 1. The first-order valence-electron chi connectivity index (χ1n) is 8.41. The van der Waals surface area contributed by atoms with E-state index < -0.39 is 18.2 Å². The minimum atomic E-state index is -4.72. The van der Waals surface area contributed by atoms with Crippen LogP contribution in [0.5, 0.6) is 0 Å². The predicted octanol–water partition coefficient (Wildman–Crippen LogP) is 5.25. The van der Waals surface area contributed by atoms with Crippen LogP contribution in [-0.4, -0.2) is 26.7 Å². The highest BCUT2D eigenvalue weighted by molar-refractivity contribution is 9.11. The van der Waals surface area contributed by atoms with Crippen molar-refractivity contribution < 1.29 is 18.0 Å². The van der Waals surface area contributed by atoms with E-state index in [1.807, 2.05) is 6.07 Å². The maximum absolute atomic E-state index is 14.1. The third kappa shape index (κ3) is 3.50. The summed E-state index contributed by atoms with van der Waals surface area (Å²) in [4.78, 5) is 8.89. The third-order valence-electron chi connectivity index (χ3n) is 4.63. The van der Waals surface area contributed by atoms with Crippen molar-refractivity contribution in [2.75, 3.05) is 0 Å². The molecule has 0 N–H and O–H groups in total. The second kappa shape index (κ2) is 7.52. The molecule has 2 heterocycles. The number of halogens is 5. The molecular formula is C19H10Br2F3N5O. The number of alkyl halides is 3. The first-order valence-corrected chi connectivity index (χ1v) is 10.00. The predicted molar refractivity (Wildman–Crippen MR) is 108 cm³/mol. The van der Waals surface area contributed by atoms with Gasteiger partial charge in [-0.1, -0.05) is 43.1 Å². The van der Waals surface area contributed by atoms with Crippen molar-refractivity contribution in [1.29, 1.82) is 5.26 Å². The third-order valence-corrected chi connectivity index (χ3v) is 5.55. The molecule has 3 aromatic rings. The fourth-order valence-corrected chi connectivity index (χ4v) is 4.48. The summed E-state index contributed by atoms with van der Waals surface area (Å²) < 4.78 is 44.8. The Kier molecular flexibility index (Phi) is 5.15. The molecule has 0 aliphatic carbocycles. The maximum atomic E-state index is 14.1. The Morgan fingerprint density at radius 3 is 2.47 bits per heavy atom. The molecule has 152 valence electrons. The van der Waals surface area contributed by atoms with Crippen LogP contribution in [0.2, 0.25) is 0 Å². The van der Waals surface area contributed by atoms with Gasteiger partial charge in [-0.25, -0.2) is 9.67 Å². The van der Waals surface area contributed by atoms with E-state index in [0.717, 1.165) is 0 Å². The van der Waals surface area contributed by atoms with Crippen molar-refractivity contribution in [2.45, 2.75) is 18.2 Å². The Morgan fingerprint density at radius 2 is 1.87 bits per heavy atom. The Morgan fingerprint density at radius 1 is 1.13 bits per heavy atom. The Labute approximate surface area is 185 Å². The summed E-state index contributed by atoms with van der Waals surface area (Å²) in [5.74, 6) is 0. The van der Waals surface area contributed by atoms with E-state index in [1.165, 1.54) is 35.5 Å². The number of rotatable bonds is 3. The molecule has 1 unspecified atom stereocenters. The van der Waals surface area contributed by atoms with Crippen LogP contribution in [0, 0.1) is 11.3 Å². The fourth-order valence-electron chi connectivity index (χ4n) is 3.18. The summed E-state index contributed by atoms with van der Waals surface area (Å²) in [5, 5.41) is 17.2. The lowest BCUT2D eigenvalue weighted by Crippen LogP contribution is -2.42. The van der Waals surface area contributed by atoms with Gasteiger partial charge >= 0.3 is 6.18 Å². The van der Waals surface area contributed by atoms with Crippen LogP contribution in [0.1, 0.15) is 23.1 Å². The van der Waals surface area contributed by atoms with E-state index in [0.29, 0.717) is 20.2 Å². The van der Waals surface area contributed by atoms with Gasteiger partial charge < -0.3 is 4.84 Å². The lowest BCUT2D eigenvalue weighted by atomic mass is 9.86. The highest BCUT2D eigenvalue weighted by Gasteiger charge is 2.62. The molecule has 6 nitrogen and oxygen atoms in total. The molecule has 2 aromatic carbocycles. The molecule has 11 heteroatoms. The summed E-state index contributed by atoms with van der Waals surface area (Å²) in [5.41, 5.74) is -1.60. The van der Waals surface area contributed by atoms with Gasteiger partial charge in [0, 0.05) is 26.5 Å². The van der Waals surface area contributed by atoms with Gasteiger partial charge in [-0.05, 0) is 30.3 Å². The number of nitrogens with zero attached hydrogens (tertiary/aromatic N) is 5. The minimum absolute atomic E-state index is 0.0880. The van der Waals surface area contributed by atoms with Crippen molar-refractivity contribution in [3.63, 3.8) is 0 Å². The Hall–Kier alpha value is -2.71. The smallest absolute Gasteiger partial charge is 0.374 e. The zero-order valence-corrected chi connectivity index (χ0v) is 18.0. The average Bonchev–Trinajstić information content (AvgIpc) is 3.37. The molecule has 1 atom stereocenters. The normalized spacial score (nSPS) is 18.6. The lowest BCUT2D eigenvalue weighted by molar-refractivity contribution is -0.275. The topological polar surface area (TPSA) is 76.1 Å². The zero-order chi connectivity index (χ0) is 21.5.